The van der Waals surface area contributed by atoms with E-state index in [2.05, 4.69) is 9.71 Å². The van der Waals surface area contributed by atoms with Gasteiger partial charge in [-0.25, -0.2) is 9.71 Å². The van der Waals surface area contributed by atoms with Gasteiger partial charge in [0.15, 0.2) is 5.03 Å². The van der Waals surface area contributed by atoms with Crippen molar-refractivity contribution < 1.29 is 13.2 Å². The number of rotatable bonds is 5. The van der Waals surface area contributed by atoms with Gasteiger partial charge in [-0.1, -0.05) is 50.2 Å². The van der Waals surface area contributed by atoms with Crippen molar-refractivity contribution in [1.29, 1.82) is 0 Å². The zero-order chi connectivity index (χ0) is 17.1. The minimum absolute atomic E-state index is 0.121. The highest BCUT2D eigenvalue weighted by Crippen LogP contribution is 2.23. The fourth-order valence-corrected chi connectivity index (χ4v) is 3.56. The predicted molar refractivity (Wildman–Crippen MR) is 88.2 cm³/mol. The summed E-state index contributed by atoms with van der Waals surface area (Å²) in [6.45, 7) is 5.08. The summed E-state index contributed by atoms with van der Waals surface area (Å²) in [5.74, 6) is -0.550. The molecule has 1 N–H and O–H groups in total. The van der Waals surface area contributed by atoms with Crippen LogP contribution in [0.25, 0.3) is 0 Å². The van der Waals surface area contributed by atoms with Crippen LogP contribution in [0, 0.1) is 12.3 Å². The van der Waals surface area contributed by atoms with E-state index < -0.39 is 21.3 Å². The highest BCUT2D eigenvalue weighted by atomic mass is 32.2. The number of hydrogen-bond acceptors (Lipinski definition) is 4. The Morgan fingerprint density at radius 2 is 1.78 bits per heavy atom. The lowest BCUT2D eigenvalue weighted by Gasteiger charge is -2.23. The topological polar surface area (TPSA) is 76.1 Å². The fourth-order valence-electron chi connectivity index (χ4n) is 2.25. The first-order chi connectivity index (χ1) is 10.7. The molecule has 2 rings (SSSR count). The Balaban J connectivity index is 2.19. The minimum Gasteiger partial charge on any atom is -0.273 e. The Morgan fingerprint density at radius 3 is 2.39 bits per heavy atom. The Kier molecular flexibility index (Phi) is 4.85. The quantitative estimate of drug-likeness (QED) is 0.912. The fraction of sp³-hybridized carbons (Fsp3) is 0.294. The maximum atomic E-state index is 12.5. The minimum atomic E-state index is -3.98. The van der Waals surface area contributed by atoms with Gasteiger partial charge in [-0.05, 0) is 30.5 Å². The second kappa shape index (κ2) is 6.50. The molecule has 5 nitrogen and oxygen atoms in total. The molecule has 1 aromatic heterocycles. The maximum Gasteiger partial charge on any atom is 0.281 e. The molecule has 0 radical (unpaired) electrons. The third-order valence-electron chi connectivity index (χ3n) is 3.55. The molecule has 1 aromatic carbocycles. The van der Waals surface area contributed by atoms with Gasteiger partial charge in [0.1, 0.15) is 0 Å². The molecule has 6 heteroatoms. The van der Waals surface area contributed by atoms with Gasteiger partial charge in [0, 0.05) is 11.6 Å². The average Bonchev–Trinajstić information content (AvgIpc) is 2.47. The van der Waals surface area contributed by atoms with Gasteiger partial charge in [-0.3, -0.25) is 4.79 Å². The van der Waals surface area contributed by atoms with E-state index in [9.17, 15) is 13.2 Å². The molecule has 1 amide bonds. The zero-order valence-electron chi connectivity index (χ0n) is 13.4. The molecule has 0 spiro atoms. The number of benzene rings is 1. The first kappa shape index (κ1) is 17.1. The van der Waals surface area contributed by atoms with E-state index in [1.54, 1.807) is 32.9 Å². The number of pyridine rings is 1. The van der Waals surface area contributed by atoms with Crippen LogP contribution in [0.15, 0.2) is 53.7 Å². The molecule has 0 aliphatic carbocycles. The van der Waals surface area contributed by atoms with Gasteiger partial charge in [0.05, 0.1) is 0 Å². The van der Waals surface area contributed by atoms with Crippen LogP contribution in [-0.2, 0) is 21.2 Å². The summed E-state index contributed by atoms with van der Waals surface area (Å²) in [5, 5.41) is -0.121. The summed E-state index contributed by atoms with van der Waals surface area (Å²) in [7, 11) is -3.98. The third kappa shape index (κ3) is 4.16. The Hall–Kier alpha value is -2.21. The molecule has 0 atom stereocenters. The summed E-state index contributed by atoms with van der Waals surface area (Å²) in [4.78, 5) is 16.3. The summed E-state index contributed by atoms with van der Waals surface area (Å²) >= 11 is 0. The molecular weight excluding hydrogens is 312 g/mol. The largest absolute Gasteiger partial charge is 0.281 e. The summed E-state index contributed by atoms with van der Waals surface area (Å²) in [6.07, 6.45) is 1.83. The summed E-state index contributed by atoms with van der Waals surface area (Å²) < 4.78 is 26.9. The van der Waals surface area contributed by atoms with Gasteiger partial charge in [0.2, 0.25) is 5.91 Å². The number of carbonyl (C=O) groups is 1. The van der Waals surface area contributed by atoms with Crippen LogP contribution in [0.2, 0.25) is 0 Å². The summed E-state index contributed by atoms with van der Waals surface area (Å²) in [5.41, 5.74) is 0.602. The standard InChI is InChI=1S/C17H20N2O3S/c1-13-8-7-11-18-15(13)23(21,22)19-16(20)17(2,3)12-14-9-5-4-6-10-14/h4-11H,12H2,1-3H3,(H,19,20). The van der Waals surface area contributed by atoms with Gasteiger partial charge >= 0.3 is 0 Å². The average molecular weight is 332 g/mol. The molecule has 0 saturated heterocycles. The first-order valence-electron chi connectivity index (χ1n) is 7.25. The number of nitrogens with zero attached hydrogens (tertiary/aromatic N) is 1. The second-order valence-electron chi connectivity index (χ2n) is 6.11. The number of aromatic nitrogens is 1. The molecule has 1 heterocycles. The van der Waals surface area contributed by atoms with E-state index in [4.69, 9.17) is 0 Å². The van der Waals surface area contributed by atoms with Crippen molar-refractivity contribution in [3.63, 3.8) is 0 Å². The van der Waals surface area contributed by atoms with Crippen molar-refractivity contribution in [2.24, 2.45) is 5.41 Å². The van der Waals surface area contributed by atoms with E-state index in [0.717, 1.165) is 5.56 Å². The Bertz CT molecular complexity index is 800. The highest BCUT2D eigenvalue weighted by molar-refractivity contribution is 7.90. The zero-order valence-corrected chi connectivity index (χ0v) is 14.2. The van der Waals surface area contributed by atoms with Crippen LogP contribution in [0.1, 0.15) is 25.0 Å². The lowest BCUT2D eigenvalue weighted by atomic mass is 9.85. The van der Waals surface area contributed by atoms with Crippen molar-refractivity contribution in [3.05, 3.63) is 59.8 Å². The molecule has 0 bridgehead atoms. The molecule has 122 valence electrons. The summed E-state index contributed by atoms with van der Waals surface area (Å²) in [6, 6.07) is 12.8. The molecule has 0 aliphatic rings. The van der Waals surface area contributed by atoms with Crippen molar-refractivity contribution in [1.82, 2.24) is 9.71 Å². The first-order valence-corrected chi connectivity index (χ1v) is 8.73. The number of carbonyl (C=O) groups excluding carboxylic acids is 1. The number of amides is 1. The molecule has 23 heavy (non-hydrogen) atoms. The molecule has 0 fully saturated rings. The van der Waals surface area contributed by atoms with Crippen LogP contribution in [0.5, 0.6) is 0 Å². The molecule has 2 aromatic rings. The van der Waals surface area contributed by atoms with Crippen molar-refractivity contribution >= 4 is 15.9 Å². The molecular formula is C17H20N2O3S. The third-order valence-corrected chi connectivity index (χ3v) is 4.94. The lowest BCUT2D eigenvalue weighted by Crippen LogP contribution is -2.42. The van der Waals surface area contributed by atoms with Crippen LogP contribution in [0.4, 0.5) is 0 Å². The maximum absolute atomic E-state index is 12.5. The number of sulfonamides is 1. The van der Waals surface area contributed by atoms with Crippen molar-refractivity contribution in [2.75, 3.05) is 0 Å². The van der Waals surface area contributed by atoms with Crippen molar-refractivity contribution in [2.45, 2.75) is 32.2 Å². The second-order valence-corrected chi connectivity index (χ2v) is 7.70. The monoisotopic (exact) mass is 332 g/mol. The normalized spacial score (nSPS) is 12.0. The predicted octanol–water partition coefficient (Wildman–Crippen LogP) is 2.46. The molecule has 0 saturated carbocycles. The smallest absolute Gasteiger partial charge is 0.273 e. The van der Waals surface area contributed by atoms with Crippen LogP contribution in [-0.4, -0.2) is 19.3 Å². The van der Waals surface area contributed by atoms with Crippen molar-refractivity contribution in [3.8, 4) is 0 Å². The van der Waals surface area contributed by atoms with E-state index in [1.165, 1.54) is 6.20 Å². The molecule has 0 unspecified atom stereocenters. The molecule has 0 aliphatic heterocycles. The van der Waals surface area contributed by atoms with E-state index in [0.29, 0.717) is 12.0 Å². The van der Waals surface area contributed by atoms with Gasteiger partial charge in [-0.15, -0.1) is 0 Å². The van der Waals surface area contributed by atoms with E-state index in [-0.39, 0.29) is 5.03 Å². The Labute approximate surface area is 136 Å². The number of aryl methyl sites for hydroxylation is 1. The lowest BCUT2D eigenvalue weighted by molar-refractivity contribution is -0.127. The Morgan fingerprint density at radius 1 is 1.13 bits per heavy atom. The SMILES string of the molecule is Cc1cccnc1S(=O)(=O)NC(=O)C(C)(C)Cc1ccccc1. The highest BCUT2D eigenvalue weighted by Gasteiger charge is 2.32. The van der Waals surface area contributed by atoms with E-state index in [1.807, 2.05) is 30.3 Å². The van der Waals surface area contributed by atoms with Crippen LogP contribution >= 0.6 is 0 Å². The number of nitrogens with one attached hydrogen (secondary N) is 1. The van der Waals surface area contributed by atoms with Gasteiger partial charge in [0.25, 0.3) is 10.0 Å². The van der Waals surface area contributed by atoms with Crippen LogP contribution in [0.3, 0.4) is 0 Å². The van der Waals surface area contributed by atoms with Gasteiger partial charge < -0.3 is 0 Å². The van der Waals surface area contributed by atoms with Crippen LogP contribution < -0.4 is 4.72 Å². The van der Waals surface area contributed by atoms with E-state index >= 15 is 0 Å². The van der Waals surface area contributed by atoms with Gasteiger partial charge in [-0.2, -0.15) is 8.42 Å². The number of hydrogen-bond donors (Lipinski definition) is 1.